The summed E-state index contributed by atoms with van der Waals surface area (Å²) in [6.45, 7) is 2.65. The lowest BCUT2D eigenvalue weighted by atomic mass is 10.3. The van der Waals surface area contributed by atoms with E-state index in [0.717, 1.165) is 6.42 Å². The molecule has 0 atom stereocenters. The van der Waals surface area contributed by atoms with Gasteiger partial charge in [0.15, 0.2) is 27.6 Å². The lowest BCUT2D eigenvalue weighted by Gasteiger charge is -2.12. The Morgan fingerprint density at radius 1 is 1.05 bits per heavy atom. The Hall–Kier alpha value is -1.52. The predicted molar refractivity (Wildman–Crippen MR) is 74.4 cm³/mol. The monoisotopic (exact) mass is 298 g/mol. The first-order valence-electron chi connectivity index (χ1n) is 5.79. The van der Waals surface area contributed by atoms with E-state index in [1.165, 1.54) is 6.07 Å². The fourth-order valence-electron chi connectivity index (χ4n) is 1.39. The van der Waals surface area contributed by atoms with Crippen LogP contribution < -0.4 is 9.47 Å². The summed E-state index contributed by atoms with van der Waals surface area (Å²) in [5.74, 6) is 1.55. The van der Waals surface area contributed by atoms with Gasteiger partial charge in [-0.3, -0.25) is 0 Å². The number of aromatic nitrogens is 2. The van der Waals surface area contributed by atoms with Crippen molar-refractivity contribution in [2.75, 3.05) is 6.61 Å². The van der Waals surface area contributed by atoms with Crippen molar-refractivity contribution in [3.8, 4) is 17.2 Å². The van der Waals surface area contributed by atoms with Crippen LogP contribution >= 0.6 is 23.2 Å². The van der Waals surface area contributed by atoms with Crippen LogP contribution in [0.1, 0.15) is 13.3 Å². The molecule has 0 fully saturated rings. The Kier molecular flexibility index (Phi) is 4.82. The van der Waals surface area contributed by atoms with E-state index in [0.29, 0.717) is 23.9 Å². The summed E-state index contributed by atoms with van der Waals surface area (Å²) >= 11 is 11.7. The molecular weight excluding hydrogens is 287 g/mol. The molecule has 6 heteroatoms. The van der Waals surface area contributed by atoms with Crippen LogP contribution in [-0.2, 0) is 0 Å². The zero-order valence-corrected chi connectivity index (χ0v) is 11.8. The molecule has 1 heterocycles. The molecular formula is C13H12Cl2N2O2. The fraction of sp³-hybridized carbons (Fsp3) is 0.231. The third kappa shape index (κ3) is 3.72. The third-order valence-corrected chi connectivity index (χ3v) is 2.66. The highest BCUT2D eigenvalue weighted by molar-refractivity contribution is 6.32. The maximum atomic E-state index is 5.90. The van der Waals surface area contributed by atoms with Gasteiger partial charge in [0, 0.05) is 6.07 Å². The number of hydrogen-bond donors (Lipinski definition) is 0. The average molecular weight is 299 g/mol. The summed E-state index contributed by atoms with van der Waals surface area (Å²) in [6, 6.07) is 8.84. The molecule has 0 aliphatic rings. The SMILES string of the molecule is CCCOc1ccccc1Oc1cc(Cl)nnc1Cl. The van der Waals surface area contributed by atoms with Gasteiger partial charge in [-0.1, -0.05) is 42.3 Å². The average Bonchev–Trinajstić information content (AvgIpc) is 2.42. The van der Waals surface area contributed by atoms with E-state index in [2.05, 4.69) is 10.2 Å². The van der Waals surface area contributed by atoms with Crippen molar-refractivity contribution >= 4 is 23.2 Å². The molecule has 0 spiro atoms. The molecule has 100 valence electrons. The Bertz CT molecular complexity index is 564. The summed E-state index contributed by atoms with van der Waals surface area (Å²) in [5, 5.41) is 7.67. The lowest BCUT2D eigenvalue weighted by Crippen LogP contribution is -1.98. The summed E-state index contributed by atoms with van der Waals surface area (Å²) in [4.78, 5) is 0. The van der Waals surface area contributed by atoms with Crippen molar-refractivity contribution < 1.29 is 9.47 Å². The first-order chi connectivity index (χ1) is 9.20. The van der Waals surface area contributed by atoms with Crippen molar-refractivity contribution in [2.24, 2.45) is 0 Å². The number of hydrogen-bond acceptors (Lipinski definition) is 4. The van der Waals surface area contributed by atoms with Crippen LogP contribution in [0.4, 0.5) is 0 Å². The summed E-state index contributed by atoms with van der Waals surface area (Å²) in [6.07, 6.45) is 0.914. The second-order valence-corrected chi connectivity index (χ2v) is 4.46. The smallest absolute Gasteiger partial charge is 0.194 e. The molecule has 4 nitrogen and oxygen atoms in total. The van der Waals surface area contributed by atoms with Crippen LogP contribution in [0.15, 0.2) is 30.3 Å². The van der Waals surface area contributed by atoms with Gasteiger partial charge in [0.25, 0.3) is 0 Å². The molecule has 0 aliphatic heterocycles. The molecule has 0 aliphatic carbocycles. The topological polar surface area (TPSA) is 44.2 Å². The van der Waals surface area contributed by atoms with Crippen molar-refractivity contribution in [1.82, 2.24) is 10.2 Å². The van der Waals surface area contributed by atoms with Gasteiger partial charge in [0.1, 0.15) is 0 Å². The minimum atomic E-state index is 0.148. The van der Waals surface area contributed by atoms with Crippen LogP contribution in [0.3, 0.4) is 0 Å². The van der Waals surface area contributed by atoms with E-state index in [9.17, 15) is 0 Å². The van der Waals surface area contributed by atoms with Gasteiger partial charge < -0.3 is 9.47 Å². The molecule has 19 heavy (non-hydrogen) atoms. The fourth-order valence-corrected chi connectivity index (χ4v) is 1.66. The second kappa shape index (κ2) is 6.59. The van der Waals surface area contributed by atoms with Crippen LogP contribution in [0.5, 0.6) is 17.2 Å². The Morgan fingerprint density at radius 3 is 2.53 bits per heavy atom. The molecule has 2 aromatic rings. The first-order valence-corrected chi connectivity index (χ1v) is 6.54. The van der Waals surface area contributed by atoms with E-state index < -0.39 is 0 Å². The van der Waals surface area contributed by atoms with Crippen molar-refractivity contribution in [3.63, 3.8) is 0 Å². The summed E-state index contributed by atoms with van der Waals surface area (Å²) in [7, 11) is 0. The standard InChI is InChI=1S/C13H12Cl2N2O2/c1-2-7-18-9-5-3-4-6-10(9)19-11-8-12(14)16-17-13(11)15/h3-6,8H,2,7H2,1H3. The van der Waals surface area contributed by atoms with Gasteiger partial charge in [-0.05, 0) is 18.6 Å². The second-order valence-electron chi connectivity index (χ2n) is 3.72. The zero-order chi connectivity index (χ0) is 13.7. The highest BCUT2D eigenvalue weighted by Gasteiger charge is 2.10. The zero-order valence-electron chi connectivity index (χ0n) is 10.3. The van der Waals surface area contributed by atoms with Crippen LogP contribution in [0, 0.1) is 0 Å². The summed E-state index contributed by atoms with van der Waals surface area (Å²) in [5.41, 5.74) is 0. The quantitative estimate of drug-likeness (QED) is 0.822. The first kappa shape index (κ1) is 13.9. The largest absolute Gasteiger partial charge is 0.490 e. The number of halogens is 2. The molecule has 0 saturated carbocycles. The van der Waals surface area contributed by atoms with Crippen molar-refractivity contribution in [2.45, 2.75) is 13.3 Å². The van der Waals surface area contributed by atoms with Gasteiger partial charge in [-0.2, -0.15) is 0 Å². The molecule has 0 bridgehead atoms. The van der Waals surface area contributed by atoms with E-state index in [1.54, 1.807) is 6.07 Å². The van der Waals surface area contributed by atoms with Gasteiger partial charge >= 0.3 is 0 Å². The maximum absolute atomic E-state index is 5.90. The van der Waals surface area contributed by atoms with Crippen LogP contribution in [0.25, 0.3) is 0 Å². The molecule has 0 saturated heterocycles. The van der Waals surface area contributed by atoms with Gasteiger partial charge in [-0.25, -0.2) is 0 Å². The molecule has 0 N–H and O–H groups in total. The molecule has 1 aromatic heterocycles. The Morgan fingerprint density at radius 2 is 1.79 bits per heavy atom. The van der Waals surface area contributed by atoms with Crippen LogP contribution in [0.2, 0.25) is 10.3 Å². The van der Waals surface area contributed by atoms with Gasteiger partial charge in [0.05, 0.1) is 6.61 Å². The minimum Gasteiger partial charge on any atom is -0.490 e. The lowest BCUT2D eigenvalue weighted by molar-refractivity contribution is 0.302. The van der Waals surface area contributed by atoms with Gasteiger partial charge in [-0.15, -0.1) is 10.2 Å². The number of nitrogens with zero attached hydrogens (tertiary/aromatic N) is 2. The molecule has 0 unspecified atom stereocenters. The number of ether oxygens (including phenoxy) is 2. The maximum Gasteiger partial charge on any atom is 0.194 e. The minimum absolute atomic E-state index is 0.148. The molecule has 0 radical (unpaired) electrons. The molecule has 2 rings (SSSR count). The van der Waals surface area contributed by atoms with Crippen molar-refractivity contribution in [3.05, 3.63) is 40.6 Å². The third-order valence-electron chi connectivity index (χ3n) is 2.22. The molecule has 1 aromatic carbocycles. The number of para-hydroxylation sites is 2. The summed E-state index contributed by atoms with van der Waals surface area (Å²) < 4.78 is 11.3. The van der Waals surface area contributed by atoms with E-state index >= 15 is 0 Å². The Labute approximate surface area is 121 Å². The van der Waals surface area contributed by atoms with E-state index in [-0.39, 0.29) is 10.3 Å². The van der Waals surface area contributed by atoms with Crippen LogP contribution in [-0.4, -0.2) is 16.8 Å². The normalized spacial score (nSPS) is 10.3. The highest BCUT2D eigenvalue weighted by atomic mass is 35.5. The van der Waals surface area contributed by atoms with E-state index in [4.69, 9.17) is 32.7 Å². The van der Waals surface area contributed by atoms with Gasteiger partial charge in [0.2, 0.25) is 0 Å². The Balaban J connectivity index is 2.25. The molecule has 0 amide bonds. The van der Waals surface area contributed by atoms with Crippen molar-refractivity contribution in [1.29, 1.82) is 0 Å². The predicted octanol–water partition coefficient (Wildman–Crippen LogP) is 4.36. The van der Waals surface area contributed by atoms with E-state index in [1.807, 2.05) is 25.1 Å². The number of benzene rings is 1. The highest BCUT2D eigenvalue weighted by Crippen LogP contribution is 2.34. The number of rotatable bonds is 5.